The highest BCUT2D eigenvalue weighted by atomic mass is 19.1. The van der Waals surface area contributed by atoms with Crippen molar-refractivity contribution >= 4 is 29.0 Å². The van der Waals surface area contributed by atoms with Crippen molar-refractivity contribution in [2.75, 3.05) is 22.6 Å². The number of hydrogen-bond donors (Lipinski definition) is 4. The molecule has 2 aromatic rings. The predicted molar refractivity (Wildman–Crippen MR) is 133 cm³/mol. The van der Waals surface area contributed by atoms with Gasteiger partial charge in [0, 0.05) is 17.6 Å². The minimum Gasteiger partial charge on any atom is -0.497 e. The Balaban J connectivity index is 1.39. The van der Waals surface area contributed by atoms with Crippen LogP contribution in [0.3, 0.4) is 0 Å². The number of carbonyl (C=O) groups is 1. The quantitative estimate of drug-likeness (QED) is 0.476. The van der Waals surface area contributed by atoms with Gasteiger partial charge in [0.25, 0.3) is 0 Å². The van der Waals surface area contributed by atoms with Crippen molar-refractivity contribution in [2.24, 2.45) is 11.7 Å². The average molecular weight is 480 g/mol. The van der Waals surface area contributed by atoms with Crippen LogP contribution in [-0.4, -0.2) is 41.4 Å². The molecule has 2 atom stereocenters. The minimum atomic E-state index is -0.430. The third-order valence-corrected chi connectivity index (χ3v) is 6.88. The SMILES string of the molecule is COc1ccc(Nc2ncc3c(n2)N(C2CCC(C(N)=O)CC2)C(NC2CC=CC=C2F)N3)cc1. The Bertz CT molecular complexity index is 1130. The number of allylic oxidation sites excluding steroid dienone is 2. The predicted octanol–water partition coefficient (Wildman–Crippen LogP) is 3.56. The van der Waals surface area contributed by atoms with Crippen LogP contribution in [-0.2, 0) is 4.79 Å². The van der Waals surface area contributed by atoms with Crippen LogP contribution in [0.2, 0.25) is 0 Å². The molecule has 1 amide bonds. The second-order valence-electron chi connectivity index (χ2n) is 9.08. The first-order chi connectivity index (χ1) is 17.0. The number of fused-ring (bicyclic) bond motifs is 1. The Morgan fingerprint density at radius 1 is 1.23 bits per heavy atom. The highest BCUT2D eigenvalue weighted by Crippen LogP contribution is 2.39. The lowest BCUT2D eigenvalue weighted by Gasteiger charge is -2.39. The molecular weight excluding hydrogens is 449 g/mol. The van der Waals surface area contributed by atoms with Crippen molar-refractivity contribution in [1.29, 1.82) is 0 Å². The molecule has 0 bridgehead atoms. The van der Waals surface area contributed by atoms with Crippen LogP contribution in [0.15, 0.2) is 54.5 Å². The molecule has 35 heavy (non-hydrogen) atoms. The molecule has 9 nitrogen and oxygen atoms in total. The van der Waals surface area contributed by atoms with Crippen molar-refractivity contribution in [3.63, 3.8) is 0 Å². The van der Waals surface area contributed by atoms with Crippen LogP contribution in [0, 0.1) is 5.92 Å². The second-order valence-corrected chi connectivity index (χ2v) is 9.08. The maximum atomic E-state index is 14.5. The molecule has 5 N–H and O–H groups in total. The standard InChI is InChI=1S/C25H30FN7O2/c1-35-18-12-8-16(9-13-18)29-24-28-14-21-23(32-24)33(17-10-6-15(7-11-17)22(27)34)25(31-21)30-20-5-3-2-4-19(20)26/h2-4,8-9,12-15,17,20,25,30-31H,5-7,10-11H2,1H3,(H2,27,34)(H,28,29,32). The number of amides is 1. The molecule has 0 saturated heterocycles. The number of carbonyl (C=O) groups excluding carboxylic acids is 1. The van der Waals surface area contributed by atoms with E-state index < -0.39 is 6.04 Å². The number of rotatable bonds is 7. The van der Waals surface area contributed by atoms with Crippen LogP contribution in [0.1, 0.15) is 32.1 Å². The van der Waals surface area contributed by atoms with E-state index in [1.807, 2.05) is 30.3 Å². The van der Waals surface area contributed by atoms with Gasteiger partial charge in [0.05, 0.1) is 25.0 Å². The van der Waals surface area contributed by atoms with Crippen molar-refractivity contribution in [3.05, 3.63) is 54.5 Å². The Hall–Kier alpha value is -3.66. The van der Waals surface area contributed by atoms with Crippen molar-refractivity contribution in [2.45, 2.75) is 50.5 Å². The summed E-state index contributed by atoms with van der Waals surface area (Å²) in [6, 6.07) is 7.20. The average Bonchev–Trinajstić information content (AvgIpc) is 3.23. The molecule has 10 heteroatoms. The van der Waals surface area contributed by atoms with Crippen LogP contribution in [0.25, 0.3) is 0 Å². The number of benzene rings is 1. The summed E-state index contributed by atoms with van der Waals surface area (Å²) in [4.78, 5) is 23.2. The number of hydrogen-bond acceptors (Lipinski definition) is 8. The van der Waals surface area contributed by atoms with Gasteiger partial charge in [-0.15, -0.1) is 0 Å². The van der Waals surface area contributed by atoms with E-state index in [1.54, 1.807) is 19.4 Å². The Kier molecular flexibility index (Phi) is 6.54. The van der Waals surface area contributed by atoms with Crippen molar-refractivity contribution in [3.8, 4) is 5.75 Å². The number of primary amides is 1. The second kappa shape index (κ2) is 9.91. The number of nitrogens with zero attached hydrogens (tertiary/aromatic N) is 3. The third kappa shape index (κ3) is 4.93. The van der Waals surface area contributed by atoms with Gasteiger partial charge in [-0.25, -0.2) is 9.37 Å². The van der Waals surface area contributed by atoms with Crippen LogP contribution >= 0.6 is 0 Å². The number of methoxy groups -OCH3 is 1. The molecular formula is C25H30FN7O2. The number of nitrogens with two attached hydrogens (primary N) is 1. The summed E-state index contributed by atoms with van der Waals surface area (Å²) in [5, 5.41) is 10.1. The fourth-order valence-corrected chi connectivity index (χ4v) is 4.96. The van der Waals surface area contributed by atoms with E-state index in [9.17, 15) is 9.18 Å². The largest absolute Gasteiger partial charge is 0.497 e. The van der Waals surface area contributed by atoms with Gasteiger partial charge in [-0.2, -0.15) is 4.98 Å². The zero-order valence-electron chi connectivity index (χ0n) is 19.6. The summed E-state index contributed by atoms with van der Waals surface area (Å²) < 4.78 is 19.7. The molecule has 0 radical (unpaired) electrons. The van der Waals surface area contributed by atoms with Gasteiger partial charge < -0.3 is 26.0 Å². The van der Waals surface area contributed by atoms with Gasteiger partial charge in [0.2, 0.25) is 11.9 Å². The van der Waals surface area contributed by atoms with E-state index >= 15 is 0 Å². The molecule has 1 aromatic carbocycles. The Labute approximate surface area is 203 Å². The van der Waals surface area contributed by atoms with Crippen molar-refractivity contribution in [1.82, 2.24) is 15.3 Å². The zero-order valence-corrected chi connectivity index (χ0v) is 19.6. The van der Waals surface area contributed by atoms with E-state index in [0.29, 0.717) is 12.4 Å². The van der Waals surface area contributed by atoms with Gasteiger partial charge in [0.1, 0.15) is 11.6 Å². The minimum absolute atomic E-state index is 0.103. The zero-order chi connectivity index (χ0) is 24.4. The maximum Gasteiger partial charge on any atom is 0.229 e. The third-order valence-electron chi connectivity index (χ3n) is 6.88. The number of anilines is 4. The molecule has 1 saturated carbocycles. The van der Waals surface area contributed by atoms with Crippen LogP contribution in [0.5, 0.6) is 5.75 Å². The summed E-state index contributed by atoms with van der Waals surface area (Å²) in [5.74, 6) is 1.42. The van der Waals surface area contributed by atoms with Crippen LogP contribution in [0.4, 0.5) is 27.5 Å². The van der Waals surface area contributed by atoms with Gasteiger partial charge in [0.15, 0.2) is 12.1 Å². The molecule has 184 valence electrons. The number of ether oxygens (including phenoxy) is 1. The highest BCUT2D eigenvalue weighted by Gasteiger charge is 2.39. The van der Waals surface area contributed by atoms with Gasteiger partial charge in [-0.1, -0.05) is 12.2 Å². The van der Waals surface area contributed by atoms with Gasteiger partial charge in [-0.3, -0.25) is 10.1 Å². The van der Waals surface area contributed by atoms with Crippen molar-refractivity contribution < 1.29 is 13.9 Å². The van der Waals surface area contributed by atoms with E-state index in [2.05, 4.69) is 25.8 Å². The monoisotopic (exact) mass is 479 g/mol. The molecule has 5 rings (SSSR count). The number of nitrogens with one attached hydrogen (secondary N) is 3. The summed E-state index contributed by atoms with van der Waals surface area (Å²) in [5.41, 5.74) is 7.16. The summed E-state index contributed by atoms with van der Waals surface area (Å²) in [6.07, 6.45) is 10.1. The molecule has 1 aliphatic heterocycles. The summed E-state index contributed by atoms with van der Waals surface area (Å²) in [6.45, 7) is 0. The molecule has 0 spiro atoms. The molecule has 1 aromatic heterocycles. The van der Waals surface area contributed by atoms with E-state index in [0.717, 1.165) is 48.6 Å². The number of halogens is 1. The van der Waals surface area contributed by atoms with E-state index in [1.165, 1.54) is 6.08 Å². The lowest BCUT2D eigenvalue weighted by Crippen LogP contribution is -2.56. The van der Waals surface area contributed by atoms with E-state index in [4.69, 9.17) is 15.5 Å². The summed E-state index contributed by atoms with van der Waals surface area (Å²) in [7, 11) is 1.63. The van der Waals surface area contributed by atoms with Gasteiger partial charge in [-0.05, 0) is 62.4 Å². The molecule has 1 fully saturated rings. The summed E-state index contributed by atoms with van der Waals surface area (Å²) >= 11 is 0. The topological polar surface area (TPSA) is 117 Å². The number of aromatic nitrogens is 2. The lowest BCUT2D eigenvalue weighted by atomic mass is 9.85. The maximum absolute atomic E-state index is 14.5. The first kappa shape index (κ1) is 23.1. The first-order valence-corrected chi connectivity index (χ1v) is 11.9. The lowest BCUT2D eigenvalue weighted by molar-refractivity contribution is -0.122. The van der Waals surface area contributed by atoms with Crippen LogP contribution < -0.4 is 31.3 Å². The fourth-order valence-electron chi connectivity index (χ4n) is 4.96. The Morgan fingerprint density at radius 2 is 2.00 bits per heavy atom. The molecule has 2 heterocycles. The molecule has 3 aliphatic rings. The van der Waals surface area contributed by atoms with E-state index in [-0.39, 0.29) is 30.0 Å². The van der Waals surface area contributed by atoms with Gasteiger partial charge >= 0.3 is 0 Å². The fraction of sp³-hybridized carbons (Fsp3) is 0.400. The smallest absolute Gasteiger partial charge is 0.229 e. The molecule has 2 unspecified atom stereocenters. The Morgan fingerprint density at radius 3 is 2.69 bits per heavy atom. The normalized spacial score (nSPS) is 25.4. The highest BCUT2D eigenvalue weighted by molar-refractivity contribution is 5.77. The first-order valence-electron chi connectivity index (χ1n) is 11.9. The molecule has 2 aliphatic carbocycles.